The quantitative estimate of drug-likeness (QED) is 0.492. The molecule has 0 aromatic heterocycles. The minimum Gasteiger partial charge on any atom is -0.426 e. The van der Waals surface area contributed by atoms with Gasteiger partial charge in [0.1, 0.15) is 5.75 Å². The Morgan fingerprint density at radius 3 is 2.58 bits per heavy atom. The van der Waals surface area contributed by atoms with Gasteiger partial charge in [0.2, 0.25) is 0 Å². The Labute approximate surface area is 144 Å². The second-order valence-corrected chi connectivity index (χ2v) is 7.31. The second-order valence-electron chi connectivity index (χ2n) is 7.31. The predicted octanol–water partition coefficient (Wildman–Crippen LogP) is 3.23. The molecule has 1 aliphatic heterocycles. The maximum atomic E-state index is 11.8. The van der Waals surface area contributed by atoms with Gasteiger partial charge in [0.25, 0.3) is 0 Å². The van der Waals surface area contributed by atoms with Gasteiger partial charge in [0, 0.05) is 31.9 Å². The van der Waals surface area contributed by atoms with Crippen molar-refractivity contribution in [3.63, 3.8) is 0 Å². The van der Waals surface area contributed by atoms with Crippen LogP contribution in [-0.4, -0.2) is 31.8 Å². The molecule has 0 atom stereocenters. The van der Waals surface area contributed by atoms with Gasteiger partial charge in [-0.15, -0.1) is 0 Å². The predicted molar refractivity (Wildman–Crippen MR) is 95.2 cm³/mol. The van der Waals surface area contributed by atoms with Crippen LogP contribution >= 0.6 is 0 Å². The maximum Gasteiger partial charge on any atom is 0.314 e. The molecule has 24 heavy (non-hydrogen) atoms. The van der Waals surface area contributed by atoms with Crippen LogP contribution in [-0.2, 0) is 9.53 Å². The standard InChI is InChI=1S/C19H28N2O3/c1-13(2)12-21(15-7-9-23-10-8-15)18-6-5-16(11-17(18)20)24-19(22)14-3-4-14/h5-6,11,13-15H,3-4,7-10,12,20H2,1-2H3. The van der Waals surface area contributed by atoms with Gasteiger partial charge in [0.05, 0.1) is 17.3 Å². The summed E-state index contributed by atoms with van der Waals surface area (Å²) >= 11 is 0. The van der Waals surface area contributed by atoms with E-state index in [2.05, 4.69) is 18.7 Å². The van der Waals surface area contributed by atoms with Crippen LogP contribution in [0.15, 0.2) is 18.2 Å². The highest BCUT2D eigenvalue weighted by Gasteiger charge is 2.32. The van der Waals surface area contributed by atoms with Gasteiger partial charge in [-0.05, 0) is 43.7 Å². The Morgan fingerprint density at radius 1 is 1.29 bits per heavy atom. The number of nitrogens with zero attached hydrogens (tertiary/aromatic N) is 1. The van der Waals surface area contributed by atoms with Crippen LogP contribution in [0.3, 0.4) is 0 Å². The van der Waals surface area contributed by atoms with E-state index in [0.29, 0.717) is 23.4 Å². The molecule has 0 unspecified atom stereocenters. The SMILES string of the molecule is CC(C)CN(c1ccc(OC(=O)C2CC2)cc1N)C1CCOCC1. The Bertz CT molecular complexity index is 578. The summed E-state index contributed by atoms with van der Waals surface area (Å²) in [6, 6.07) is 6.08. The third-order valence-electron chi connectivity index (χ3n) is 4.63. The minimum atomic E-state index is -0.134. The number of hydrogen-bond donors (Lipinski definition) is 1. The first-order valence-electron chi connectivity index (χ1n) is 9.00. The smallest absolute Gasteiger partial charge is 0.314 e. The summed E-state index contributed by atoms with van der Waals surface area (Å²) in [5.41, 5.74) is 8.01. The van der Waals surface area contributed by atoms with Gasteiger partial charge >= 0.3 is 5.97 Å². The van der Waals surface area contributed by atoms with Crippen LogP contribution in [0.1, 0.15) is 39.5 Å². The highest BCUT2D eigenvalue weighted by Crippen LogP contribution is 2.34. The molecule has 0 radical (unpaired) electrons. The molecule has 0 bridgehead atoms. The van der Waals surface area contributed by atoms with E-state index in [1.165, 1.54) is 0 Å². The Balaban J connectivity index is 1.76. The highest BCUT2D eigenvalue weighted by atomic mass is 16.5. The fourth-order valence-corrected chi connectivity index (χ4v) is 3.21. The van der Waals surface area contributed by atoms with Gasteiger partial charge in [-0.3, -0.25) is 4.79 Å². The fraction of sp³-hybridized carbons (Fsp3) is 0.632. The topological polar surface area (TPSA) is 64.8 Å². The number of carbonyl (C=O) groups is 1. The molecule has 1 saturated heterocycles. The minimum absolute atomic E-state index is 0.0885. The number of rotatable bonds is 6. The lowest BCUT2D eigenvalue weighted by molar-refractivity contribution is -0.135. The molecular weight excluding hydrogens is 304 g/mol. The first-order valence-corrected chi connectivity index (χ1v) is 9.00. The van der Waals surface area contributed by atoms with E-state index in [9.17, 15) is 4.79 Å². The zero-order valence-electron chi connectivity index (χ0n) is 14.7. The molecule has 0 spiro atoms. The first kappa shape index (κ1) is 17.1. The number of ether oxygens (including phenoxy) is 2. The first-order chi connectivity index (χ1) is 11.5. The number of carbonyl (C=O) groups excluding carboxylic acids is 1. The zero-order valence-corrected chi connectivity index (χ0v) is 14.7. The van der Waals surface area contributed by atoms with Crippen LogP contribution in [0.2, 0.25) is 0 Å². The Hall–Kier alpha value is -1.75. The molecule has 0 amide bonds. The zero-order chi connectivity index (χ0) is 17.1. The summed E-state index contributed by atoms with van der Waals surface area (Å²) in [7, 11) is 0. The molecule has 132 valence electrons. The molecule has 5 heteroatoms. The van der Waals surface area contributed by atoms with Crippen molar-refractivity contribution in [3.05, 3.63) is 18.2 Å². The van der Waals surface area contributed by atoms with Crippen LogP contribution in [0.4, 0.5) is 11.4 Å². The monoisotopic (exact) mass is 332 g/mol. The number of benzene rings is 1. The van der Waals surface area contributed by atoms with Crippen LogP contribution in [0, 0.1) is 11.8 Å². The van der Waals surface area contributed by atoms with Gasteiger partial charge in [-0.2, -0.15) is 0 Å². The van der Waals surface area contributed by atoms with Crippen molar-refractivity contribution in [1.82, 2.24) is 0 Å². The number of esters is 1. The molecule has 2 fully saturated rings. The summed E-state index contributed by atoms with van der Waals surface area (Å²) in [4.78, 5) is 14.2. The van der Waals surface area contributed by atoms with E-state index >= 15 is 0 Å². The summed E-state index contributed by atoms with van der Waals surface area (Å²) in [5.74, 6) is 1.04. The van der Waals surface area contributed by atoms with Crippen LogP contribution in [0.25, 0.3) is 0 Å². The number of hydrogen-bond acceptors (Lipinski definition) is 5. The van der Waals surface area contributed by atoms with E-state index in [1.807, 2.05) is 12.1 Å². The van der Waals surface area contributed by atoms with Crippen molar-refractivity contribution >= 4 is 17.3 Å². The molecule has 1 aliphatic carbocycles. The van der Waals surface area contributed by atoms with Crippen molar-refractivity contribution in [1.29, 1.82) is 0 Å². The van der Waals surface area contributed by atoms with Crippen molar-refractivity contribution in [3.8, 4) is 5.75 Å². The van der Waals surface area contributed by atoms with Crippen molar-refractivity contribution in [2.45, 2.75) is 45.6 Å². The lowest BCUT2D eigenvalue weighted by Crippen LogP contribution is -2.42. The summed E-state index contributed by atoms with van der Waals surface area (Å²) in [6.07, 6.45) is 3.92. The maximum absolute atomic E-state index is 11.8. The van der Waals surface area contributed by atoms with E-state index in [1.54, 1.807) is 6.07 Å². The molecule has 1 saturated carbocycles. The Morgan fingerprint density at radius 2 is 2.00 bits per heavy atom. The highest BCUT2D eigenvalue weighted by molar-refractivity contribution is 5.78. The second kappa shape index (κ2) is 7.43. The van der Waals surface area contributed by atoms with Crippen LogP contribution in [0.5, 0.6) is 5.75 Å². The van der Waals surface area contributed by atoms with Gasteiger partial charge < -0.3 is 20.1 Å². The largest absolute Gasteiger partial charge is 0.426 e. The lowest BCUT2D eigenvalue weighted by atomic mass is 10.0. The van der Waals surface area contributed by atoms with E-state index in [-0.39, 0.29) is 11.9 Å². The molecule has 5 nitrogen and oxygen atoms in total. The average molecular weight is 332 g/mol. The molecule has 3 rings (SSSR count). The average Bonchev–Trinajstić information content (AvgIpc) is 3.39. The Kier molecular flexibility index (Phi) is 5.29. The van der Waals surface area contributed by atoms with Crippen molar-refractivity contribution in [2.24, 2.45) is 11.8 Å². The van der Waals surface area contributed by atoms with E-state index in [0.717, 1.165) is 51.1 Å². The third kappa shape index (κ3) is 4.20. The molecule has 1 aromatic carbocycles. The molecule has 2 N–H and O–H groups in total. The number of anilines is 2. The van der Waals surface area contributed by atoms with Gasteiger partial charge in [0.15, 0.2) is 0 Å². The van der Waals surface area contributed by atoms with Crippen molar-refractivity contribution < 1.29 is 14.3 Å². The molecule has 1 aromatic rings. The number of nitrogens with two attached hydrogens (primary N) is 1. The summed E-state index contributed by atoms with van der Waals surface area (Å²) < 4.78 is 10.9. The lowest BCUT2D eigenvalue weighted by Gasteiger charge is -2.38. The molecule has 1 heterocycles. The fourth-order valence-electron chi connectivity index (χ4n) is 3.21. The van der Waals surface area contributed by atoms with Gasteiger partial charge in [-0.25, -0.2) is 0 Å². The summed E-state index contributed by atoms with van der Waals surface area (Å²) in [6.45, 7) is 6.99. The van der Waals surface area contributed by atoms with Crippen molar-refractivity contribution in [2.75, 3.05) is 30.4 Å². The summed E-state index contributed by atoms with van der Waals surface area (Å²) in [5, 5.41) is 0. The van der Waals surface area contributed by atoms with Gasteiger partial charge in [-0.1, -0.05) is 13.8 Å². The molecular formula is C19H28N2O3. The molecule has 2 aliphatic rings. The number of nitrogen functional groups attached to an aromatic ring is 1. The normalized spacial score (nSPS) is 18.6. The van der Waals surface area contributed by atoms with Crippen LogP contribution < -0.4 is 15.4 Å². The third-order valence-corrected chi connectivity index (χ3v) is 4.63. The van der Waals surface area contributed by atoms with E-state index in [4.69, 9.17) is 15.2 Å². The van der Waals surface area contributed by atoms with E-state index < -0.39 is 0 Å².